The molecule has 1 aromatic rings. The number of benzene rings is 1. The third kappa shape index (κ3) is 4.44. The number of phenolic OH excluding ortho intramolecular Hbond substituents is 1. The molecule has 0 radical (unpaired) electrons. The molecule has 7 aliphatic rings. The number of aliphatic hydroxyl groups is 1. The van der Waals surface area contributed by atoms with Crippen molar-refractivity contribution in [3.63, 3.8) is 0 Å². The highest BCUT2D eigenvalue weighted by molar-refractivity contribution is 6.18. The van der Waals surface area contributed by atoms with Crippen molar-refractivity contribution in [1.82, 2.24) is 0 Å². The van der Waals surface area contributed by atoms with Gasteiger partial charge in [-0.05, 0) is 93.6 Å². The molecule has 258 valence electrons. The third-order valence-corrected chi connectivity index (χ3v) is 11.6. The Balaban J connectivity index is 1.45. The Morgan fingerprint density at radius 3 is 2.42 bits per heavy atom. The SMILES string of the molecule is CC(C)=CCC[C@]1(C)CCc2c(O)c3c(c(C(O)C4OC4(C)C)c2O1)O[C@]12C(=CC4CC1C(C)(C)O[C@]2(C/C=C(/C)OC=O)C4=O)C3=O. The monoisotopic (exact) mass is 662 g/mol. The van der Waals surface area contributed by atoms with Crippen LogP contribution in [0, 0.1) is 11.8 Å². The molecule has 4 aliphatic heterocycles. The van der Waals surface area contributed by atoms with E-state index < -0.39 is 57.8 Å². The summed E-state index contributed by atoms with van der Waals surface area (Å²) >= 11 is 0. The predicted molar refractivity (Wildman–Crippen MR) is 174 cm³/mol. The van der Waals surface area contributed by atoms with Crippen molar-refractivity contribution in [2.75, 3.05) is 0 Å². The van der Waals surface area contributed by atoms with Gasteiger partial charge in [-0.2, -0.15) is 0 Å². The maximum atomic E-state index is 14.9. The Morgan fingerprint density at radius 1 is 1.06 bits per heavy atom. The van der Waals surface area contributed by atoms with Gasteiger partial charge in [0.25, 0.3) is 6.47 Å². The van der Waals surface area contributed by atoms with Crippen LogP contribution in [0.2, 0.25) is 0 Å². The van der Waals surface area contributed by atoms with Gasteiger partial charge in [-0.25, -0.2) is 0 Å². The zero-order valence-corrected chi connectivity index (χ0v) is 29.0. The number of ether oxygens (including phenoxy) is 5. The van der Waals surface area contributed by atoms with Gasteiger partial charge in [0.15, 0.2) is 22.8 Å². The number of epoxide rings is 1. The average Bonchev–Trinajstić information content (AvgIpc) is 3.60. The summed E-state index contributed by atoms with van der Waals surface area (Å²) in [6.45, 7) is 15.6. The molecule has 2 N–H and O–H groups in total. The van der Waals surface area contributed by atoms with E-state index in [4.69, 9.17) is 23.7 Å². The van der Waals surface area contributed by atoms with E-state index in [9.17, 15) is 24.6 Å². The van der Waals surface area contributed by atoms with Crippen molar-refractivity contribution in [2.24, 2.45) is 11.8 Å². The minimum absolute atomic E-state index is 0.00517. The number of hydrogen-bond acceptors (Lipinski definition) is 10. The van der Waals surface area contributed by atoms with Gasteiger partial charge in [0, 0.05) is 29.4 Å². The highest BCUT2D eigenvalue weighted by Gasteiger charge is 2.81. The Kier molecular flexibility index (Phi) is 7.24. The van der Waals surface area contributed by atoms with Crippen molar-refractivity contribution in [1.29, 1.82) is 0 Å². The van der Waals surface area contributed by atoms with Gasteiger partial charge in [-0.1, -0.05) is 17.7 Å². The summed E-state index contributed by atoms with van der Waals surface area (Å²) in [7, 11) is 0. The summed E-state index contributed by atoms with van der Waals surface area (Å²) in [5.41, 5.74) is -3.27. The molecule has 3 fully saturated rings. The summed E-state index contributed by atoms with van der Waals surface area (Å²) in [4.78, 5) is 40.4. The van der Waals surface area contributed by atoms with Gasteiger partial charge in [0.1, 0.15) is 46.4 Å². The van der Waals surface area contributed by atoms with Gasteiger partial charge in [-0.15, -0.1) is 0 Å². The number of Topliss-reactive ketones (excluding diaryl/α,β-unsaturated/α-hetero) is 2. The minimum atomic E-state index is -1.64. The standard InChI is InChI=1S/C38H46O10/c1-19(2)10-9-13-36(8)14-12-22-27(40)25-28(41)23-16-21-17-24-34(4,5)48-37(32(21)43,15-11-20(3)44-18-39)38(23,24)46-31(25)26(30(22)45-36)29(42)33-35(6,7)47-33/h10-11,16,18,21,24,29,33,40,42H,9,12-15,17H2,1-8H3/b20-11-/t21?,24?,29?,33?,36-,37-,38-/m1/s1. The molecule has 10 heteroatoms. The van der Waals surface area contributed by atoms with E-state index in [0.717, 1.165) is 6.42 Å². The van der Waals surface area contributed by atoms with Crippen molar-refractivity contribution in [3.05, 3.63) is 51.8 Å². The van der Waals surface area contributed by atoms with Crippen LogP contribution in [0.5, 0.6) is 17.2 Å². The van der Waals surface area contributed by atoms with Gasteiger partial charge in [-0.3, -0.25) is 14.4 Å². The van der Waals surface area contributed by atoms with Crippen molar-refractivity contribution < 1.29 is 48.3 Å². The van der Waals surface area contributed by atoms with Gasteiger partial charge < -0.3 is 33.9 Å². The second-order valence-corrected chi connectivity index (χ2v) is 16.0. The zero-order chi connectivity index (χ0) is 34.8. The van der Waals surface area contributed by atoms with Gasteiger partial charge >= 0.3 is 0 Å². The Bertz CT molecular complexity index is 1730. The van der Waals surface area contributed by atoms with Gasteiger partial charge in [0.05, 0.1) is 16.8 Å². The molecule has 4 unspecified atom stereocenters. The maximum Gasteiger partial charge on any atom is 0.298 e. The lowest BCUT2D eigenvalue weighted by Gasteiger charge is -2.56. The molecule has 2 saturated heterocycles. The number of hydrogen-bond donors (Lipinski definition) is 2. The summed E-state index contributed by atoms with van der Waals surface area (Å²) in [5, 5.41) is 24.0. The van der Waals surface area contributed by atoms with E-state index >= 15 is 0 Å². The number of aliphatic hydroxyl groups excluding tert-OH is 1. The fourth-order valence-electron chi connectivity index (χ4n) is 9.16. The second-order valence-electron chi connectivity index (χ2n) is 16.0. The first kappa shape index (κ1) is 33.0. The summed E-state index contributed by atoms with van der Waals surface area (Å²) in [5.74, 6) is -1.39. The van der Waals surface area contributed by atoms with Crippen LogP contribution in [0.3, 0.4) is 0 Å². The fourth-order valence-corrected chi connectivity index (χ4v) is 9.16. The molecule has 4 bridgehead atoms. The smallest absolute Gasteiger partial charge is 0.298 e. The lowest BCUT2D eigenvalue weighted by atomic mass is 9.51. The number of ketones is 2. The molecule has 1 aromatic carbocycles. The number of fused-ring (bicyclic) bond motifs is 2. The van der Waals surface area contributed by atoms with Crippen LogP contribution in [0.25, 0.3) is 0 Å². The van der Waals surface area contributed by atoms with Crippen LogP contribution in [0.15, 0.2) is 35.1 Å². The largest absolute Gasteiger partial charge is 0.507 e. The molecule has 10 nitrogen and oxygen atoms in total. The molecule has 8 rings (SSSR count). The highest BCUT2D eigenvalue weighted by atomic mass is 16.6. The van der Waals surface area contributed by atoms with E-state index in [1.54, 1.807) is 19.1 Å². The maximum absolute atomic E-state index is 14.9. The Labute approximate surface area is 281 Å². The topological polar surface area (TPSA) is 141 Å². The number of rotatable bonds is 9. The molecule has 3 aliphatic carbocycles. The molecule has 48 heavy (non-hydrogen) atoms. The third-order valence-electron chi connectivity index (χ3n) is 11.6. The van der Waals surface area contributed by atoms with Crippen molar-refractivity contribution >= 4 is 18.0 Å². The second kappa shape index (κ2) is 10.5. The highest BCUT2D eigenvalue weighted by Crippen LogP contribution is 2.69. The predicted octanol–water partition coefficient (Wildman–Crippen LogP) is 5.91. The number of aromatic hydroxyl groups is 1. The van der Waals surface area contributed by atoms with Crippen molar-refractivity contribution in [3.8, 4) is 17.2 Å². The van der Waals surface area contributed by atoms with Crippen LogP contribution in [0.1, 0.15) is 115 Å². The van der Waals surface area contributed by atoms with Crippen LogP contribution in [-0.4, -0.2) is 62.4 Å². The average molecular weight is 663 g/mol. The number of carbonyl (C=O) groups excluding carboxylic acids is 3. The Morgan fingerprint density at radius 2 is 1.77 bits per heavy atom. The van der Waals surface area contributed by atoms with Crippen LogP contribution < -0.4 is 9.47 Å². The first-order valence-electron chi connectivity index (χ1n) is 17.0. The van der Waals surface area contributed by atoms with Crippen LogP contribution >= 0.6 is 0 Å². The lowest BCUT2D eigenvalue weighted by Crippen LogP contribution is -2.72. The van der Waals surface area contributed by atoms with Crippen molar-refractivity contribution in [2.45, 2.75) is 134 Å². The van der Waals surface area contributed by atoms with E-state index in [1.807, 2.05) is 48.5 Å². The first-order chi connectivity index (χ1) is 22.4. The summed E-state index contributed by atoms with van der Waals surface area (Å²) in [6, 6.07) is 0. The molecular formula is C38H46O10. The first-order valence-corrected chi connectivity index (χ1v) is 17.0. The summed E-state index contributed by atoms with van der Waals surface area (Å²) in [6.07, 6.45) is 6.46. The fraction of sp³-hybridized carbons (Fsp3) is 0.605. The summed E-state index contributed by atoms with van der Waals surface area (Å²) < 4.78 is 31.7. The molecular weight excluding hydrogens is 616 g/mol. The molecule has 1 saturated carbocycles. The zero-order valence-electron chi connectivity index (χ0n) is 29.0. The number of carbonyl (C=O) groups is 3. The Hall–Kier alpha value is -3.47. The molecule has 7 atom stereocenters. The van der Waals surface area contributed by atoms with Gasteiger partial charge in [0.2, 0.25) is 0 Å². The number of allylic oxidation sites excluding steroid dienone is 4. The molecule has 4 heterocycles. The van der Waals surface area contributed by atoms with E-state index in [2.05, 4.69) is 6.08 Å². The van der Waals surface area contributed by atoms with E-state index in [1.165, 1.54) is 5.57 Å². The van der Waals surface area contributed by atoms with Crippen LogP contribution in [0.4, 0.5) is 0 Å². The number of phenols is 1. The van der Waals surface area contributed by atoms with E-state index in [0.29, 0.717) is 43.5 Å². The lowest BCUT2D eigenvalue weighted by molar-refractivity contribution is -0.171. The van der Waals surface area contributed by atoms with E-state index in [-0.39, 0.29) is 46.2 Å². The molecule has 0 aromatic heterocycles. The molecule has 1 spiro atoms. The van der Waals surface area contributed by atoms with Crippen LogP contribution in [-0.2, 0) is 30.2 Å². The minimum Gasteiger partial charge on any atom is -0.507 e. The quantitative estimate of drug-likeness (QED) is 0.142. The molecule has 0 amide bonds. The normalized spacial score (nSPS) is 35.3.